The Bertz CT molecular complexity index is 878. The Balaban J connectivity index is -0.0000000335. The highest BCUT2D eigenvalue weighted by Crippen LogP contribution is 1.96. The lowest BCUT2D eigenvalue weighted by atomic mass is 10.3. The molecule has 14 heteroatoms. The molecule has 0 rings (SSSR count). The predicted octanol–water partition coefficient (Wildman–Crippen LogP) is 8.28. The molecule has 0 heterocycles. The van der Waals surface area contributed by atoms with Crippen LogP contribution in [0.5, 0.6) is 0 Å². The number of ketones is 2. The number of ether oxygens (including phenoxy) is 6. The Morgan fingerprint density at radius 3 is 1.02 bits per heavy atom. The van der Waals surface area contributed by atoms with Gasteiger partial charge in [-0.3, -0.25) is 28.8 Å². The first-order chi connectivity index (χ1) is 17.3. The van der Waals surface area contributed by atoms with E-state index in [0.29, 0.717) is 0 Å². The summed E-state index contributed by atoms with van der Waals surface area (Å²) in [6.45, 7) is 9.29. The maximum absolute atomic E-state index is 11.1. The van der Waals surface area contributed by atoms with Crippen LogP contribution < -0.4 is 0 Å². The van der Waals surface area contributed by atoms with Gasteiger partial charge in [-0.15, -0.1) is 0 Å². The van der Waals surface area contributed by atoms with Gasteiger partial charge < -0.3 is 28.4 Å². The van der Waals surface area contributed by atoms with Crippen LogP contribution >= 0.6 is 0 Å². The molecule has 14 nitrogen and oxygen atoms in total. The van der Waals surface area contributed by atoms with Crippen molar-refractivity contribution in [3.05, 3.63) is 24.8 Å². The summed E-state index contributed by atoms with van der Waals surface area (Å²) >= 11 is 0. The van der Waals surface area contributed by atoms with Crippen LogP contribution in [0.3, 0.4) is 0 Å². The maximum atomic E-state index is 11.1. The highest BCUT2D eigenvalue weighted by Gasteiger charge is 2.14. The quantitative estimate of drug-likeness (QED) is 0.0486. The summed E-state index contributed by atoms with van der Waals surface area (Å²) in [5.41, 5.74) is 0.166. The Hall–Kier alpha value is -4.36. The maximum Gasteiger partial charge on any atom is 0.335 e. The van der Waals surface area contributed by atoms with Crippen molar-refractivity contribution in [2.45, 2.75) is 136 Å². The molecule has 0 aromatic rings. The topological polar surface area (TPSA) is 192 Å². The van der Waals surface area contributed by atoms with Gasteiger partial charge in [0.25, 0.3) is 0 Å². The van der Waals surface area contributed by atoms with E-state index in [4.69, 9.17) is 0 Å². The molecule has 0 aliphatic rings. The number of carbonyl (C=O) groups is 8. The van der Waals surface area contributed by atoms with Gasteiger partial charge in [-0.25, -0.2) is 9.59 Å². The van der Waals surface area contributed by atoms with Crippen LogP contribution in [0, 0.1) is 0 Å². The van der Waals surface area contributed by atoms with Gasteiger partial charge in [-0.2, -0.15) is 0 Å². The normalized spacial score (nSPS) is 7.00. The van der Waals surface area contributed by atoms with Gasteiger partial charge >= 0.3 is 35.8 Å². The molecular formula is C35H78O14. The van der Waals surface area contributed by atoms with E-state index in [0.717, 1.165) is 6.08 Å². The molecule has 0 aromatic carbocycles. The van der Waals surface area contributed by atoms with Crippen molar-refractivity contribution in [3.63, 3.8) is 0 Å². The molecular weight excluding hydrogens is 644 g/mol. The van der Waals surface area contributed by atoms with Crippen LogP contribution in [0.4, 0.5) is 0 Å². The molecule has 0 fully saturated rings. The van der Waals surface area contributed by atoms with Gasteiger partial charge in [-0.1, -0.05) is 102 Å². The highest BCUT2D eigenvalue weighted by atomic mass is 16.7. The van der Waals surface area contributed by atoms with E-state index in [1.54, 1.807) is 0 Å². The Morgan fingerprint density at radius 1 is 0.469 bits per heavy atom. The number of hydrogen-bond donors (Lipinski definition) is 0. The second kappa shape index (κ2) is 56.0. The number of esters is 6. The molecule has 0 bridgehead atoms. The summed E-state index contributed by atoms with van der Waals surface area (Å²) in [4.78, 5) is 86.8. The average molecular weight is 723 g/mol. The third-order valence-electron chi connectivity index (χ3n) is 3.36. The van der Waals surface area contributed by atoms with Crippen molar-refractivity contribution in [1.29, 1.82) is 0 Å². The molecule has 0 saturated carbocycles. The zero-order valence-electron chi connectivity index (χ0n) is 20.9. The van der Waals surface area contributed by atoms with Crippen LogP contribution in [0.1, 0.15) is 136 Å². The molecule has 0 unspecified atom stereocenters. The molecule has 0 aliphatic heterocycles. The third-order valence-corrected chi connectivity index (χ3v) is 3.36. The van der Waals surface area contributed by atoms with E-state index in [-0.39, 0.29) is 132 Å². The van der Waals surface area contributed by atoms with E-state index in [1.165, 1.54) is 20.8 Å². The monoisotopic (exact) mass is 723 g/mol. The fourth-order valence-corrected chi connectivity index (χ4v) is 1.54. The van der Waals surface area contributed by atoms with Gasteiger partial charge in [0.1, 0.15) is 24.4 Å². The summed E-state index contributed by atoms with van der Waals surface area (Å²) in [7, 11) is 0. The average Bonchev–Trinajstić information content (AvgIpc) is 2.78. The highest BCUT2D eigenvalue weighted by molar-refractivity contribution is 5.92. The van der Waals surface area contributed by atoms with Crippen molar-refractivity contribution in [2.24, 2.45) is 0 Å². The fourth-order valence-electron chi connectivity index (χ4n) is 1.54. The minimum Gasteiger partial charge on any atom is -0.465 e. The lowest BCUT2D eigenvalue weighted by molar-refractivity contribution is -0.169. The third kappa shape index (κ3) is 66.9. The first-order valence-electron chi connectivity index (χ1n) is 10.5. The summed E-state index contributed by atoms with van der Waals surface area (Å²) in [6, 6.07) is 0. The molecule has 0 aliphatic carbocycles. The largest absolute Gasteiger partial charge is 0.465 e. The van der Waals surface area contributed by atoms with Crippen molar-refractivity contribution >= 4 is 47.4 Å². The minimum absolute atomic E-state index is 0. The Morgan fingerprint density at radius 2 is 0.755 bits per heavy atom. The summed E-state index contributed by atoms with van der Waals surface area (Å²) < 4.78 is 26.9. The predicted molar refractivity (Wildman–Crippen MR) is 202 cm³/mol. The van der Waals surface area contributed by atoms with Crippen molar-refractivity contribution in [3.8, 4) is 0 Å². The number of rotatable bonds is 16. The molecule has 49 heavy (non-hydrogen) atoms. The molecule has 0 atom stereocenters. The van der Waals surface area contributed by atoms with Gasteiger partial charge in [0, 0.05) is 24.5 Å². The van der Waals surface area contributed by atoms with Gasteiger partial charge in [0.2, 0.25) is 13.6 Å². The van der Waals surface area contributed by atoms with Crippen LogP contribution in [0.15, 0.2) is 24.8 Å². The van der Waals surface area contributed by atoms with Crippen molar-refractivity contribution in [1.82, 2.24) is 0 Å². The van der Waals surface area contributed by atoms with Crippen LogP contribution in [0.25, 0.3) is 0 Å². The number of carbonyl (C=O) groups excluding carboxylic acids is 8. The van der Waals surface area contributed by atoms with E-state index in [1.807, 2.05) is 0 Å². The number of Topliss-reactive ketones (excluding diaryl/α,β-unsaturated/α-hetero) is 2. The zero-order valence-corrected chi connectivity index (χ0v) is 20.9. The molecule has 0 radical (unpaired) electrons. The second-order valence-electron chi connectivity index (χ2n) is 6.85. The molecule has 0 saturated heterocycles. The zero-order chi connectivity index (χ0) is 28.8. The molecule has 0 aromatic heterocycles. The Kier molecular flexibility index (Phi) is 103. The first-order valence-corrected chi connectivity index (χ1v) is 10.5. The lowest BCUT2D eigenvalue weighted by Crippen LogP contribution is -2.17. The Labute approximate surface area is 301 Å². The fraction of sp³-hybridized carbons (Fsp3) is 0.657. The van der Waals surface area contributed by atoms with Crippen molar-refractivity contribution < 1.29 is 66.8 Å². The van der Waals surface area contributed by atoms with Crippen LogP contribution in [0.2, 0.25) is 0 Å². The molecule has 0 amide bonds. The molecule has 302 valence electrons. The second-order valence-corrected chi connectivity index (χ2v) is 6.85. The number of hydrogen-bond acceptors (Lipinski definition) is 14. The molecule has 0 N–H and O–H groups in total. The summed E-state index contributed by atoms with van der Waals surface area (Å²) in [5.74, 6) is -5.08. The smallest absolute Gasteiger partial charge is 0.335 e. The van der Waals surface area contributed by atoms with Gasteiger partial charge in [-0.05, 0) is 20.8 Å². The lowest BCUT2D eigenvalue weighted by Gasteiger charge is -2.06. The summed E-state index contributed by atoms with van der Waals surface area (Å²) in [6.07, 6.45) is -0.120. The van der Waals surface area contributed by atoms with Gasteiger partial charge in [0.15, 0.2) is 0 Å². The van der Waals surface area contributed by atoms with Crippen LogP contribution in [-0.4, -0.2) is 74.2 Å². The van der Waals surface area contributed by atoms with E-state index < -0.39 is 62.2 Å². The molecule has 0 spiro atoms. The van der Waals surface area contributed by atoms with Crippen LogP contribution in [-0.2, 0) is 66.8 Å². The first kappa shape index (κ1) is 90.6. The minimum atomic E-state index is -0.889. The SMILES string of the molecule is C.C.C.C.C.C.C.C.C.C.C.C.C=C(C)C(=O)OCOC(=O)CC(=O)OCCC(C)=O.C=CC(=O)OCOC(=O)CC(=O)OCCC(C)=O. The van der Waals surface area contributed by atoms with E-state index >= 15 is 0 Å². The van der Waals surface area contributed by atoms with E-state index in [2.05, 4.69) is 41.6 Å². The summed E-state index contributed by atoms with van der Waals surface area (Å²) in [5, 5.41) is 0. The van der Waals surface area contributed by atoms with E-state index in [9.17, 15) is 38.4 Å². The standard InChI is InChI=1S/C12H16O7.C11H14O7.12CH4/c1-8(2)12(16)19-7-18-11(15)6-10(14)17-5-4-9(3)13;1-3-9(13)17-7-18-11(15)6-10(14)16-5-4-8(2)12;;;;;;;;;;;;/h1,4-7H2,2-3H3;3H,1,4-7H2,2H3;12*1H4. The van der Waals surface area contributed by atoms with Crippen molar-refractivity contribution in [2.75, 3.05) is 26.8 Å². The van der Waals surface area contributed by atoms with Gasteiger partial charge in [0.05, 0.1) is 13.2 Å².